The molecule has 1 aromatic rings. The average molecular weight is 239 g/mol. The number of hydrogen-bond donors (Lipinski definition) is 1. The van der Waals surface area contributed by atoms with Gasteiger partial charge in [-0.25, -0.2) is 0 Å². The zero-order valence-electron chi connectivity index (χ0n) is 9.26. The molecule has 0 atom stereocenters. The Morgan fingerprint density at radius 2 is 2.31 bits per heavy atom. The van der Waals surface area contributed by atoms with Crippen LogP contribution < -0.4 is 5.73 Å². The molecule has 1 amide bonds. The minimum Gasteiger partial charge on any atom is -0.338 e. The summed E-state index contributed by atoms with van der Waals surface area (Å²) in [7, 11) is 0. The predicted octanol–water partition coefficient (Wildman–Crippen LogP) is 1.34. The first-order valence-electron chi connectivity index (χ1n) is 5.69. The second-order valence-electron chi connectivity index (χ2n) is 4.18. The monoisotopic (exact) mass is 239 g/mol. The Morgan fingerprint density at radius 3 is 2.88 bits per heavy atom. The van der Waals surface area contributed by atoms with Crippen molar-refractivity contribution in [3.63, 3.8) is 0 Å². The highest BCUT2D eigenvalue weighted by molar-refractivity contribution is 7.11. The molecule has 1 saturated heterocycles. The molecule has 4 nitrogen and oxygen atoms in total. The number of rotatable bonds is 3. The number of nitrogens with zero attached hydrogens (tertiary/aromatic N) is 2. The van der Waals surface area contributed by atoms with Crippen LogP contribution in [0.4, 0.5) is 0 Å². The Bertz CT molecular complexity index is 331. The number of likely N-dealkylation sites (tertiary alicyclic amines) is 1. The fourth-order valence-electron chi connectivity index (χ4n) is 2.14. The zero-order valence-corrected chi connectivity index (χ0v) is 10.1. The van der Waals surface area contributed by atoms with Crippen molar-refractivity contribution in [2.75, 3.05) is 19.6 Å². The number of nitrogens with two attached hydrogens (primary N) is 1. The lowest BCUT2D eigenvalue weighted by molar-refractivity contribution is 0.0692. The summed E-state index contributed by atoms with van der Waals surface area (Å²) in [4.78, 5) is 18.6. The van der Waals surface area contributed by atoms with E-state index in [1.807, 2.05) is 4.90 Å². The Labute approximate surface area is 99.5 Å². The molecule has 2 heterocycles. The second-order valence-corrected chi connectivity index (χ2v) is 5.06. The van der Waals surface area contributed by atoms with Crippen molar-refractivity contribution in [1.29, 1.82) is 0 Å². The van der Waals surface area contributed by atoms with E-state index >= 15 is 0 Å². The maximum Gasteiger partial charge on any atom is 0.265 e. The minimum absolute atomic E-state index is 0.133. The third kappa shape index (κ3) is 2.59. The summed E-state index contributed by atoms with van der Waals surface area (Å²) in [5, 5.41) is 0. The van der Waals surface area contributed by atoms with E-state index in [2.05, 4.69) is 4.98 Å². The van der Waals surface area contributed by atoms with Crippen LogP contribution in [0.2, 0.25) is 0 Å². The predicted molar refractivity (Wildman–Crippen MR) is 64.4 cm³/mol. The van der Waals surface area contributed by atoms with Crippen LogP contribution in [0, 0.1) is 5.92 Å². The normalized spacial score (nSPS) is 17.7. The van der Waals surface area contributed by atoms with Crippen LogP contribution in [0.3, 0.4) is 0 Å². The van der Waals surface area contributed by atoms with Crippen LogP contribution in [0.15, 0.2) is 11.7 Å². The molecule has 1 aliphatic rings. The molecule has 16 heavy (non-hydrogen) atoms. The molecule has 0 spiro atoms. The van der Waals surface area contributed by atoms with Gasteiger partial charge in [-0.05, 0) is 31.7 Å². The van der Waals surface area contributed by atoms with Gasteiger partial charge in [-0.3, -0.25) is 9.78 Å². The molecule has 5 heteroatoms. The molecule has 1 aromatic heterocycles. The van der Waals surface area contributed by atoms with Crippen molar-refractivity contribution in [3.05, 3.63) is 16.6 Å². The summed E-state index contributed by atoms with van der Waals surface area (Å²) < 4.78 is 0. The van der Waals surface area contributed by atoms with Gasteiger partial charge in [0.2, 0.25) is 0 Å². The fourth-order valence-corrected chi connectivity index (χ4v) is 2.72. The number of carbonyl (C=O) groups is 1. The Balaban J connectivity index is 1.87. The largest absolute Gasteiger partial charge is 0.338 e. The van der Waals surface area contributed by atoms with Gasteiger partial charge in [-0.2, -0.15) is 0 Å². The van der Waals surface area contributed by atoms with Crippen molar-refractivity contribution in [3.8, 4) is 0 Å². The standard InChI is InChI=1S/C11H17N3OS/c12-4-1-9-2-5-14(6-3-9)11(15)10-7-13-8-16-10/h7-9H,1-6,12H2. The Hall–Kier alpha value is -0.940. The highest BCUT2D eigenvalue weighted by atomic mass is 32.1. The number of amides is 1. The van der Waals surface area contributed by atoms with Crippen LogP contribution in [0.25, 0.3) is 0 Å². The van der Waals surface area contributed by atoms with Gasteiger partial charge in [0.15, 0.2) is 0 Å². The van der Waals surface area contributed by atoms with E-state index in [4.69, 9.17) is 5.73 Å². The van der Waals surface area contributed by atoms with E-state index in [0.29, 0.717) is 5.92 Å². The molecule has 2 N–H and O–H groups in total. The minimum atomic E-state index is 0.133. The molecule has 88 valence electrons. The van der Waals surface area contributed by atoms with E-state index in [9.17, 15) is 4.79 Å². The molecule has 2 rings (SSSR count). The first-order chi connectivity index (χ1) is 7.81. The Kier molecular flexibility index (Phi) is 3.90. The van der Waals surface area contributed by atoms with Crippen LogP contribution in [-0.4, -0.2) is 35.4 Å². The van der Waals surface area contributed by atoms with Crippen molar-refractivity contribution in [2.24, 2.45) is 11.7 Å². The summed E-state index contributed by atoms with van der Waals surface area (Å²) in [6, 6.07) is 0. The topological polar surface area (TPSA) is 59.2 Å². The number of hydrogen-bond acceptors (Lipinski definition) is 4. The van der Waals surface area contributed by atoms with Crippen molar-refractivity contribution >= 4 is 17.2 Å². The third-order valence-electron chi connectivity index (χ3n) is 3.12. The Morgan fingerprint density at radius 1 is 1.56 bits per heavy atom. The zero-order chi connectivity index (χ0) is 11.4. The van der Waals surface area contributed by atoms with E-state index in [-0.39, 0.29) is 5.91 Å². The molecule has 0 unspecified atom stereocenters. The van der Waals surface area contributed by atoms with E-state index < -0.39 is 0 Å². The van der Waals surface area contributed by atoms with Gasteiger partial charge in [0, 0.05) is 13.1 Å². The van der Waals surface area contributed by atoms with Crippen molar-refractivity contribution < 1.29 is 4.79 Å². The summed E-state index contributed by atoms with van der Waals surface area (Å²) in [5.74, 6) is 0.837. The van der Waals surface area contributed by atoms with Gasteiger partial charge in [-0.15, -0.1) is 11.3 Å². The second kappa shape index (κ2) is 5.41. The van der Waals surface area contributed by atoms with E-state index in [0.717, 1.165) is 43.8 Å². The molecule has 0 saturated carbocycles. The van der Waals surface area contributed by atoms with E-state index in [1.54, 1.807) is 11.7 Å². The van der Waals surface area contributed by atoms with Crippen LogP contribution >= 0.6 is 11.3 Å². The molecule has 0 radical (unpaired) electrons. The number of carbonyl (C=O) groups excluding carboxylic acids is 1. The smallest absolute Gasteiger partial charge is 0.265 e. The first-order valence-corrected chi connectivity index (χ1v) is 6.57. The average Bonchev–Trinajstić information content (AvgIpc) is 2.83. The van der Waals surface area contributed by atoms with Gasteiger partial charge in [0.25, 0.3) is 5.91 Å². The summed E-state index contributed by atoms with van der Waals surface area (Å²) in [6.07, 6.45) is 4.91. The lowest BCUT2D eigenvalue weighted by Crippen LogP contribution is -2.38. The van der Waals surface area contributed by atoms with Crippen molar-refractivity contribution in [2.45, 2.75) is 19.3 Å². The lowest BCUT2D eigenvalue weighted by Gasteiger charge is -2.31. The maximum absolute atomic E-state index is 12.0. The molecular weight excluding hydrogens is 222 g/mol. The van der Waals surface area contributed by atoms with Gasteiger partial charge >= 0.3 is 0 Å². The highest BCUT2D eigenvalue weighted by Crippen LogP contribution is 2.21. The van der Waals surface area contributed by atoms with Gasteiger partial charge in [0.1, 0.15) is 4.88 Å². The van der Waals surface area contributed by atoms with Gasteiger partial charge in [-0.1, -0.05) is 0 Å². The van der Waals surface area contributed by atoms with Crippen LogP contribution in [-0.2, 0) is 0 Å². The molecule has 0 aliphatic carbocycles. The molecule has 0 aromatic carbocycles. The van der Waals surface area contributed by atoms with E-state index in [1.165, 1.54) is 11.3 Å². The van der Waals surface area contributed by atoms with Crippen molar-refractivity contribution in [1.82, 2.24) is 9.88 Å². The highest BCUT2D eigenvalue weighted by Gasteiger charge is 2.23. The molecule has 0 bridgehead atoms. The number of piperidine rings is 1. The van der Waals surface area contributed by atoms with Gasteiger partial charge in [0.05, 0.1) is 11.7 Å². The third-order valence-corrected chi connectivity index (χ3v) is 3.88. The molecule has 1 aliphatic heterocycles. The quantitative estimate of drug-likeness (QED) is 0.866. The number of aromatic nitrogens is 1. The maximum atomic E-state index is 12.0. The summed E-state index contributed by atoms with van der Waals surface area (Å²) in [5.41, 5.74) is 7.25. The molecular formula is C11H17N3OS. The molecule has 1 fully saturated rings. The lowest BCUT2D eigenvalue weighted by atomic mass is 9.93. The SMILES string of the molecule is NCCC1CCN(C(=O)c2cncs2)CC1. The van der Waals surface area contributed by atoms with Crippen LogP contribution in [0.1, 0.15) is 28.9 Å². The summed E-state index contributed by atoms with van der Waals surface area (Å²) in [6.45, 7) is 2.48. The first kappa shape index (κ1) is 11.5. The van der Waals surface area contributed by atoms with Gasteiger partial charge < -0.3 is 10.6 Å². The number of thiazole rings is 1. The fraction of sp³-hybridized carbons (Fsp3) is 0.636. The van der Waals surface area contributed by atoms with Crippen LogP contribution in [0.5, 0.6) is 0 Å². The summed E-state index contributed by atoms with van der Waals surface area (Å²) >= 11 is 1.41.